The maximum atomic E-state index is 11.5. The van der Waals surface area contributed by atoms with Crippen LogP contribution in [0.4, 0.5) is 0 Å². The summed E-state index contributed by atoms with van der Waals surface area (Å²) < 4.78 is 0. The van der Waals surface area contributed by atoms with Crippen LogP contribution >= 0.6 is 0 Å². The average Bonchev–Trinajstić information content (AvgIpc) is 2.57. The van der Waals surface area contributed by atoms with Crippen LogP contribution < -0.4 is 5.32 Å². The largest absolute Gasteiger partial charge is 0.352 e. The van der Waals surface area contributed by atoms with Gasteiger partial charge in [-0.05, 0) is 26.0 Å². The van der Waals surface area contributed by atoms with Crippen LogP contribution in [0.15, 0.2) is 18.3 Å². The van der Waals surface area contributed by atoms with Crippen molar-refractivity contribution in [2.45, 2.75) is 13.8 Å². The van der Waals surface area contributed by atoms with Crippen molar-refractivity contribution < 1.29 is 4.79 Å². The third-order valence-electron chi connectivity index (χ3n) is 2.20. The van der Waals surface area contributed by atoms with Crippen LogP contribution in [0.2, 0.25) is 0 Å². The van der Waals surface area contributed by atoms with Crippen molar-refractivity contribution in [3.8, 4) is 0 Å². The predicted molar refractivity (Wildman–Crippen MR) is 58.8 cm³/mol. The smallest absolute Gasteiger partial charge is 0.252 e. The molecule has 0 aromatic carbocycles. The summed E-state index contributed by atoms with van der Waals surface area (Å²) >= 11 is 0. The van der Waals surface area contributed by atoms with E-state index in [1.807, 2.05) is 26.0 Å². The monoisotopic (exact) mass is 203 g/mol. The van der Waals surface area contributed by atoms with E-state index in [1.165, 1.54) is 0 Å². The van der Waals surface area contributed by atoms with Crippen molar-refractivity contribution in [2.24, 2.45) is 0 Å². The fourth-order valence-corrected chi connectivity index (χ4v) is 1.54. The van der Waals surface area contributed by atoms with E-state index in [-0.39, 0.29) is 5.91 Å². The van der Waals surface area contributed by atoms with Gasteiger partial charge in [-0.25, -0.2) is 4.98 Å². The minimum atomic E-state index is -0.0780. The molecule has 0 aliphatic carbocycles. The van der Waals surface area contributed by atoms with Crippen molar-refractivity contribution in [3.63, 3.8) is 0 Å². The highest BCUT2D eigenvalue weighted by molar-refractivity contribution is 5.96. The zero-order chi connectivity index (χ0) is 10.8. The lowest BCUT2D eigenvalue weighted by Crippen LogP contribution is -2.22. The van der Waals surface area contributed by atoms with Gasteiger partial charge in [-0.15, -0.1) is 0 Å². The van der Waals surface area contributed by atoms with Crippen LogP contribution in [0.5, 0.6) is 0 Å². The molecule has 2 aromatic heterocycles. The number of aromatic amines is 1. The highest BCUT2D eigenvalue weighted by Gasteiger charge is 2.06. The van der Waals surface area contributed by atoms with Crippen LogP contribution in [-0.2, 0) is 0 Å². The quantitative estimate of drug-likeness (QED) is 0.779. The Balaban J connectivity index is 2.41. The number of hydrogen-bond donors (Lipinski definition) is 2. The molecule has 0 atom stereocenters. The van der Waals surface area contributed by atoms with E-state index >= 15 is 0 Å². The number of carbonyl (C=O) groups is 1. The number of carbonyl (C=O) groups excluding carboxylic acids is 1. The Hall–Kier alpha value is -1.84. The number of aromatic nitrogens is 2. The van der Waals surface area contributed by atoms with Gasteiger partial charge in [-0.2, -0.15) is 0 Å². The van der Waals surface area contributed by atoms with Crippen LogP contribution in [0.3, 0.4) is 0 Å². The van der Waals surface area contributed by atoms with Gasteiger partial charge in [0, 0.05) is 23.8 Å². The molecular weight excluding hydrogens is 190 g/mol. The molecule has 0 bridgehead atoms. The molecule has 0 aliphatic heterocycles. The van der Waals surface area contributed by atoms with Crippen molar-refractivity contribution in [2.75, 3.05) is 6.54 Å². The number of nitrogens with one attached hydrogen (secondary N) is 2. The summed E-state index contributed by atoms with van der Waals surface area (Å²) in [5, 5.41) is 3.71. The second-order valence-electron chi connectivity index (χ2n) is 3.47. The van der Waals surface area contributed by atoms with Crippen LogP contribution in [-0.4, -0.2) is 22.4 Å². The van der Waals surface area contributed by atoms with Gasteiger partial charge in [0.1, 0.15) is 5.65 Å². The van der Waals surface area contributed by atoms with Crippen LogP contribution in [0.25, 0.3) is 11.0 Å². The molecule has 4 heteroatoms. The standard InChI is InChI=1S/C11H13N3O/c1-3-12-11(15)9-5-8-4-7(2)14-10(8)13-6-9/h4-6H,3H2,1-2H3,(H,12,15)(H,13,14). The van der Waals surface area contributed by atoms with Crippen molar-refractivity contribution in [3.05, 3.63) is 29.6 Å². The molecule has 0 fully saturated rings. The molecule has 2 N–H and O–H groups in total. The van der Waals surface area contributed by atoms with E-state index in [2.05, 4.69) is 15.3 Å². The summed E-state index contributed by atoms with van der Waals surface area (Å²) in [5.74, 6) is -0.0780. The summed E-state index contributed by atoms with van der Waals surface area (Å²) in [4.78, 5) is 18.8. The van der Waals surface area contributed by atoms with Gasteiger partial charge < -0.3 is 10.3 Å². The van der Waals surface area contributed by atoms with E-state index in [0.717, 1.165) is 16.7 Å². The molecule has 0 unspecified atom stereocenters. The predicted octanol–water partition coefficient (Wildman–Crippen LogP) is 1.62. The Morgan fingerprint density at radius 2 is 2.33 bits per heavy atom. The van der Waals surface area contributed by atoms with Gasteiger partial charge in [-0.1, -0.05) is 0 Å². The van der Waals surface area contributed by atoms with Gasteiger partial charge in [0.05, 0.1) is 5.56 Å². The van der Waals surface area contributed by atoms with Crippen molar-refractivity contribution >= 4 is 16.9 Å². The van der Waals surface area contributed by atoms with Gasteiger partial charge in [0.2, 0.25) is 0 Å². The number of amides is 1. The molecular formula is C11H13N3O. The number of hydrogen-bond acceptors (Lipinski definition) is 2. The summed E-state index contributed by atoms with van der Waals surface area (Å²) in [6, 6.07) is 3.82. The first-order chi connectivity index (χ1) is 7.20. The number of fused-ring (bicyclic) bond motifs is 1. The number of nitrogens with zero attached hydrogens (tertiary/aromatic N) is 1. The SMILES string of the molecule is CCNC(=O)c1cnc2[nH]c(C)cc2c1. The molecule has 0 spiro atoms. The molecule has 4 nitrogen and oxygen atoms in total. The summed E-state index contributed by atoms with van der Waals surface area (Å²) in [5.41, 5.74) is 2.47. The molecule has 78 valence electrons. The van der Waals surface area contributed by atoms with E-state index < -0.39 is 0 Å². The molecule has 0 saturated carbocycles. The van der Waals surface area contributed by atoms with E-state index in [4.69, 9.17) is 0 Å². The topological polar surface area (TPSA) is 57.8 Å². The first kappa shape index (κ1) is 9.71. The van der Waals surface area contributed by atoms with E-state index in [9.17, 15) is 4.79 Å². The Kier molecular flexibility index (Phi) is 2.41. The first-order valence-corrected chi connectivity index (χ1v) is 4.94. The third kappa shape index (κ3) is 1.83. The maximum Gasteiger partial charge on any atom is 0.252 e. The minimum Gasteiger partial charge on any atom is -0.352 e. The van der Waals surface area contributed by atoms with Crippen LogP contribution in [0, 0.1) is 6.92 Å². The zero-order valence-electron chi connectivity index (χ0n) is 8.79. The second-order valence-corrected chi connectivity index (χ2v) is 3.47. The van der Waals surface area contributed by atoms with E-state index in [1.54, 1.807) is 6.20 Å². The summed E-state index contributed by atoms with van der Waals surface area (Å²) in [6.45, 7) is 4.49. The molecule has 15 heavy (non-hydrogen) atoms. The number of aryl methyl sites for hydroxylation is 1. The fraction of sp³-hybridized carbons (Fsp3) is 0.273. The maximum absolute atomic E-state index is 11.5. The summed E-state index contributed by atoms with van der Waals surface area (Å²) in [7, 11) is 0. The Morgan fingerprint density at radius 3 is 3.07 bits per heavy atom. The first-order valence-electron chi connectivity index (χ1n) is 4.94. The Bertz CT molecular complexity index is 502. The Morgan fingerprint density at radius 1 is 1.53 bits per heavy atom. The lowest BCUT2D eigenvalue weighted by atomic mass is 10.2. The van der Waals surface area contributed by atoms with Gasteiger partial charge >= 0.3 is 0 Å². The highest BCUT2D eigenvalue weighted by Crippen LogP contribution is 2.13. The van der Waals surface area contributed by atoms with E-state index in [0.29, 0.717) is 12.1 Å². The molecule has 0 radical (unpaired) electrons. The number of H-pyrrole nitrogens is 1. The highest BCUT2D eigenvalue weighted by atomic mass is 16.1. The minimum absolute atomic E-state index is 0.0780. The lowest BCUT2D eigenvalue weighted by Gasteiger charge is -2.00. The normalized spacial score (nSPS) is 10.5. The average molecular weight is 203 g/mol. The Labute approximate surface area is 87.7 Å². The molecule has 2 aromatic rings. The fourth-order valence-electron chi connectivity index (χ4n) is 1.54. The van der Waals surface area contributed by atoms with Crippen molar-refractivity contribution in [1.29, 1.82) is 0 Å². The zero-order valence-corrected chi connectivity index (χ0v) is 8.79. The van der Waals surface area contributed by atoms with Crippen LogP contribution in [0.1, 0.15) is 23.0 Å². The second kappa shape index (κ2) is 3.73. The molecule has 2 rings (SSSR count). The molecule has 0 aliphatic rings. The number of rotatable bonds is 2. The molecule has 2 heterocycles. The third-order valence-corrected chi connectivity index (χ3v) is 2.20. The molecule has 1 amide bonds. The van der Waals surface area contributed by atoms with Gasteiger partial charge in [-0.3, -0.25) is 4.79 Å². The molecule has 0 saturated heterocycles. The lowest BCUT2D eigenvalue weighted by molar-refractivity contribution is 0.0955. The van der Waals surface area contributed by atoms with Crippen molar-refractivity contribution in [1.82, 2.24) is 15.3 Å². The van der Waals surface area contributed by atoms with Gasteiger partial charge in [0.25, 0.3) is 5.91 Å². The van der Waals surface area contributed by atoms with Gasteiger partial charge in [0.15, 0.2) is 0 Å². The number of pyridine rings is 1. The summed E-state index contributed by atoms with van der Waals surface area (Å²) in [6.07, 6.45) is 1.59.